The molecular formula is C18H24N2O4. The molecule has 0 amide bonds. The summed E-state index contributed by atoms with van der Waals surface area (Å²) < 4.78 is 11.1. The van der Waals surface area contributed by atoms with Crippen LogP contribution in [0.5, 0.6) is 5.75 Å². The van der Waals surface area contributed by atoms with E-state index in [4.69, 9.17) is 9.15 Å². The number of furan rings is 1. The van der Waals surface area contributed by atoms with E-state index in [9.17, 15) is 9.90 Å². The lowest BCUT2D eigenvalue weighted by Gasteiger charge is -2.30. The highest BCUT2D eigenvalue weighted by molar-refractivity contribution is 6.02. The number of anilines is 1. The van der Waals surface area contributed by atoms with Crippen molar-refractivity contribution in [3.8, 4) is 5.75 Å². The molecule has 0 atom stereocenters. The Morgan fingerprint density at radius 1 is 1.38 bits per heavy atom. The molecule has 0 spiro atoms. The van der Waals surface area contributed by atoms with Crippen molar-refractivity contribution < 1.29 is 19.1 Å². The summed E-state index contributed by atoms with van der Waals surface area (Å²) >= 11 is 0. The number of methoxy groups -OCH3 is 1. The van der Waals surface area contributed by atoms with E-state index < -0.39 is 5.97 Å². The van der Waals surface area contributed by atoms with Crippen LogP contribution in [0, 0.1) is 0 Å². The SMILES string of the molecule is CCCCc1c(C(=O)O)oc2cc(OC)cc(N3CCNCC3)c12. The molecule has 0 bridgehead atoms. The molecule has 0 radical (unpaired) electrons. The van der Waals surface area contributed by atoms with E-state index in [2.05, 4.69) is 17.1 Å². The molecule has 130 valence electrons. The monoisotopic (exact) mass is 332 g/mol. The number of piperazine rings is 1. The Hall–Kier alpha value is -2.21. The maximum Gasteiger partial charge on any atom is 0.372 e. The number of ether oxygens (including phenoxy) is 1. The average Bonchev–Trinajstić information content (AvgIpc) is 2.98. The summed E-state index contributed by atoms with van der Waals surface area (Å²) in [6, 6.07) is 3.77. The van der Waals surface area contributed by atoms with E-state index in [1.807, 2.05) is 6.07 Å². The molecule has 1 aliphatic heterocycles. The molecule has 2 heterocycles. The van der Waals surface area contributed by atoms with Gasteiger partial charge in [0.05, 0.1) is 12.8 Å². The fourth-order valence-electron chi connectivity index (χ4n) is 3.28. The number of aryl methyl sites for hydroxylation is 1. The van der Waals surface area contributed by atoms with Gasteiger partial charge in [0.25, 0.3) is 0 Å². The van der Waals surface area contributed by atoms with Crippen LogP contribution in [0.2, 0.25) is 0 Å². The molecule has 0 aliphatic carbocycles. The zero-order valence-electron chi connectivity index (χ0n) is 14.2. The molecule has 6 nitrogen and oxygen atoms in total. The standard InChI is InChI=1S/C18H24N2O4/c1-3-4-5-13-16-14(20-8-6-19-7-9-20)10-12(23-2)11-15(16)24-17(13)18(21)22/h10-11,19H,3-9H2,1-2H3,(H,21,22). The second kappa shape index (κ2) is 7.13. The van der Waals surface area contributed by atoms with Crippen LogP contribution < -0.4 is 15.0 Å². The molecule has 6 heteroatoms. The highest BCUT2D eigenvalue weighted by atomic mass is 16.5. The fraction of sp³-hybridized carbons (Fsp3) is 0.500. The Balaban J connectivity index is 2.20. The number of nitrogens with zero attached hydrogens (tertiary/aromatic N) is 1. The fourth-order valence-corrected chi connectivity index (χ4v) is 3.28. The summed E-state index contributed by atoms with van der Waals surface area (Å²) in [7, 11) is 1.61. The topological polar surface area (TPSA) is 74.9 Å². The first-order valence-electron chi connectivity index (χ1n) is 8.48. The van der Waals surface area contributed by atoms with Gasteiger partial charge in [-0.05, 0) is 12.8 Å². The van der Waals surface area contributed by atoms with Crippen LogP contribution in [-0.4, -0.2) is 44.4 Å². The summed E-state index contributed by atoms with van der Waals surface area (Å²) in [5.41, 5.74) is 2.40. The van der Waals surface area contributed by atoms with Crippen molar-refractivity contribution in [2.24, 2.45) is 0 Å². The van der Waals surface area contributed by atoms with E-state index in [0.29, 0.717) is 17.8 Å². The molecular weight excluding hydrogens is 308 g/mol. The number of nitrogens with one attached hydrogen (secondary N) is 1. The predicted octanol–water partition coefficient (Wildman–Crippen LogP) is 2.89. The third-order valence-electron chi connectivity index (χ3n) is 4.51. The number of benzene rings is 1. The lowest BCUT2D eigenvalue weighted by molar-refractivity contribution is 0.0663. The van der Waals surface area contributed by atoms with E-state index >= 15 is 0 Å². The van der Waals surface area contributed by atoms with E-state index in [1.54, 1.807) is 13.2 Å². The largest absolute Gasteiger partial charge is 0.497 e. The molecule has 3 rings (SSSR count). The van der Waals surface area contributed by atoms with Crippen molar-refractivity contribution in [2.45, 2.75) is 26.2 Å². The Kier molecular flexibility index (Phi) is 4.94. The van der Waals surface area contributed by atoms with Gasteiger partial charge in [-0.2, -0.15) is 0 Å². The van der Waals surface area contributed by atoms with Gasteiger partial charge in [0.2, 0.25) is 5.76 Å². The van der Waals surface area contributed by atoms with Crippen LogP contribution in [-0.2, 0) is 6.42 Å². The second-order valence-corrected chi connectivity index (χ2v) is 6.08. The quantitative estimate of drug-likeness (QED) is 0.847. The molecule has 2 N–H and O–H groups in total. The summed E-state index contributed by atoms with van der Waals surface area (Å²) in [5, 5.41) is 13.8. The third-order valence-corrected chi connectivity index (χ3v) is 4.51. The van der Waals surface area contributed by atoms with Crippen molar-refractivity contribution in [2.75, 3.05) is 38.2 Å². The predicted molar refractivity (Wildman–Crippen MR) is 93.4 cm³/mol. The third kappa shape index (κ3) is 3.06. The summed E-state index contributed by atoms with van der Waals surface area (Å²) in [6.45, 7) is 5.67. The molecule has 1 saturated heterocycles. The Bertz CT molecular complexity index is 732. The minimum absolute atomic E-state index is 0.0584. The van der Waals surface area contributed by atoms with Gasteiger partial charge in [-0.15, -0.1) is 0 Å². The normalized spacial score (nSPS) is 15.0. The highest BCUT2D eigenvalue weighted by Gasteiger charge is 2.25. The minimum Gasteiger partial charge on any atom is -0.497 e. The van der Waals surface area contributed by atoms with E-state index in [-0.39, 0.29) is 5.76 Å². The Labute approximate surface area is 141 Å². The number of carboxylic acids is 1. The summed E-state index contributed by atoms with van der Waals surface area (Å²) in [4.78, 5) is 13.9. The number of aromatic carboxylic acids is 1. The van der Waals surface area contributed by atoms with Gasteiger partial charge in [0.1, 0.15) is 11.3 Å². The van der Waals surface area contributed by atoms with Crippen LogP contribution in [0.25, 0.3) is 11.0 Å². The van der Waals surface area contributed by atoms with Gasteiger partial charge >= 0.3 is 5.97 Å². The van der Waals surface area contributed by atoms with Crippen LogP contribution in [0.15, 0.2) is 16.5 Å². The van der Waals surface area contributed by atoms with E-state index in [0.717, 1.165) is 55.7 Å². The summed E-state index contributed by atoms with van der Waals surface area (Å²) in [6.07, 6.45) is 2.64. The molecule has 0 unspecified atom stereocenters. The van der Waals surface area contributed by atoms with Crippen molar-refractivity contribution in [3.05, 3.63) is 23.5 Å². The Morgan fingerprint density at radius 2 is 2.12 bits per heavy atom. The molecule has 1 aromatic carbocycles. The molecule has 1 aliphatic rings. The molecule has 1 aromatic heterocycles. The maximum atomic E-state index is 11.6. The number of unbranched alkanes of at least 4 members (excludes halogenated alkanes) is 1. The smallest absolute Gasteiger partial charge is 0.372 e. The van der Waals surface area contributed by atoms with Crippen LogP contribution >= 0.6 is 0 Å². The lowest BCUT2D eigenvalue weighted by atomic mass is 10.0. The van der Waals surface area contributed by atoms with Gasteiger partial charge in [0, 0.05) is 49.3 Å². The summed E-state index contributed by atoms with van der Waals surface area (Å²) in [5.74, 6) is -0.269. The highest BCUT2D eigenvalue weighted by Crippen LogP contribution is 2.38. The van der Waals surface area contributed by atoms with Crippen LogP contribution in [0.3, 0.4) is 0 Å². The van der Waals surface area contributed by atoms with Gasteiger partial charge < -0.3 is 24.5 Å². The molecule has 1 fully saturated rings. The van der Waals surface area contributed by atoms with Crippen molar-refractivity contribution in [1.82, 2.24) is 5.32 Å². The van der Waals surface area contributed by atoms with Gasteiger partial charge in [0.15, 0.2) is 0 Å². The number of carbonyl (C=O) groups is 1. The number of carboxylic acid groups (broad SMARTS) is 1. The Morgan fingerprint density at radius 3 is 2.75 bits per heavy atom. The van der Waals surface area contributed by atoms with Gasteiger partial charge in [-0.25, -0.2) is 4.79 Å². The molecule has 24 heavy (non-hydrogen) atoms. The first-order valence-corrected chi connectivity index (χ1v) is 8.48. The van der Waals surface area contributed by atoms with Gasteiger partial charge in [-0.1, -0.05) is 13.3 Å². The molecule has 2 aromatic rings. The first-order chi connectivity index (χ1) is 11.7. The molecule has 0 saturated carbocycles. The zero-order valence-corrected chi connectivity index (χ0v) is 14.2. The lowest BCUT2D eigenvalue weighted by Crippen LogP contribution is -2.43. The maximum absolute atomic E-state index is 11.6. The zero-order chi connectivity index (χ0) is 17.1. The van der Waals surface area contributed by atoms with Crippen molar-refractivity contribution >= 4 is 22.6 Å². The van der Waals surface area contributed by atoms with Crippen LogP contribution in [0.4, 0.5) is 5.69 Å². The number of hydrogen-bond acceptors (Lipinski definition) is 5. The average molecular weight is 332 g/mol. The van der Waals surface area contributed by atoms with Crippen molar-refractivity contribution in [3.63, 3.8) is 0 Å². The first kappa shape index (κ1) is 16.6. The van der Waals surface area contributed by atoms with Crippen molar-refractivity contribution in [1.29, 1.82) is 0 Å². The van der Waals surface area contributed by atoms with Crippen LogP contribution in [0.1, 0.15) is 35.9 Å². The second-order valence-electron chi connectivity index (χ2n) is 6.08. The number of fused-ring (bicyclic) bond motifs is 1. The van der Waals surface area contributed by atoms with Gasteiger partial charge in [-0.3, -0.25) is 0 Å². The number of rotatable bonds is 6. The minimum atomic E-state index is -1.01. The van der Waals surface area contributed by atoms with E-state index in [1.165, 1.54) is 0 Å². The number of hydrogen-bond donors (Lipinski definition) is 2.